The van der Waals surface area contributed by atoms with Crippen LogP contribution >= 0.6 is 0 Å². The number of carbonyl (C=O) groups is 1. The van der Waals surface area contributed by atoms with Gasteiger partial charge in [-0.3, -0.25) is 9.71 Å². The zero-order chi connectivity index (χ0) is 18.2. The Hall–Kier alpha value is -3.07. The second kappa shape index (κ2) is 6.10. The summed E-state index contributed by atoms with van der Waals surface area (Å²) >= 11 is 0. The number of sulfonamides is 1. The fourth-order valence-electron chi connectivity index (χ4n) is 2.38. The van der Waals surface area contributed by atoms with Gasteiger partial charge in [0.25, 0.3) is 10.0 Å². The molecule has 0 saturated heterocycles. The van der Waals surface area contributed by atoms with Crippen LogP contribution in [0.15, 0.2) is 50.5 Å². The summed E-state index contributed by atoms with van der Waals surface area (Å²) in [6.07, 6.45) is 0. The van der Waals surface area contributed by atoms with Crippen LogP contribution in [-0.2, 0) is 14.8 Å². The first-order valence-electron chi connectivity index (χ1n) is 7.15. The maximum absolute atomic E-state index is 12.6. The van der Waals surface area contributed by atoms with Gasteiger partial charge in [0.1, 0.15) is 0 Å². The summed E-state index contributed by atoms with van der Waals surface area (Å²) in [5, 5.41) is 0. The first kappa shape index (κ1) is 16.8. The lowest BCUT2D eigenvalue weighted by Crippen LogP contribution is -2.14. The highest BCUT2D eigenvalue weighted by Gasteiger charge is 2.19. The van der Waals surface area contributed by atoms with Crippen molar-refractivity contribution in [3.05, 3.63) is 58.1 Å². The standard InChI is InChI=1S/C16H14N2O6S/c1-9-7-12-13(24-16(20)17-12)8-14(9)25(21,22)18-11-5-3-10(4-6-11)15(19)23-2/h3-8,18H,1-2H3,(H,17,20). The van der Waals surface area contributed by atoms with Crippen molar-refractivity contribution >= 4 is 32.8 Å². The van der Waals surface area contributed by atoms with E-state index >= 15 is 0 Å². The number of methoxy groups -OCH3 is 1. The van der Waals surface area contributed by atoms with Crippen LogP contribution in [0.2, 0.25) is 0 Å². The Labute approximate surface area is 142 Å². The van der Waals surface area contributed by atoms with Crippen molar-refractivity contribution in [2.75, 3.05) is 11.8 Å². The Morgan fingerprint density at radius 3 is 2.52 bits per heavy atom. The number of aromatic amines is 1. The maximum atomic E-state index is 12.6. The number of esters is 1. The van der Waals surface area contributed by atoms with E-state index in [2.05, 4.69) is 14.4 Å². The molecule has 0 bridgehead atoms. The molecular formula is C16H14N2O6S. The van der Waals surface area contributed by atoms with E-state index in [1.807, 2.05) is 0 Å². The molecule has 0 fully saturated rings. The summed E-state index contributed by atoms with van der Waals surface area (Å²) in [6.45, 7) is 1.61. The van der Waals surface area contributed by atoms with Crippen LogP contribution in [0.5, 0.6) is 0 Å². The van der Waals surface area contributed by atoms with Crippen LogP contribution in [0.4, 0.5) is 5.69 Å². The largest absolute Gasteiger partial charge is 0.465 e. The van der Waals surface area contributed by atoms with Gasteiger partial charge in [0.2, 0.25) is 0 Å². The third kappa shape index (κ3) is 3.26. The van der Waals surface area contributed by atoms with E-state index in [-0.39, 0.29) is 16.2 Å². The lowest BCUT2D eigenvalue weighted by Gasteiger charge is -2.10. The molecular weight excluding hydrogens is 348 g/mol. The van der Waals surface area contributed by atoms with Gasteiger partial charge in [-0.15, -0.1) is 0 Å². The van der Waals surface area contributed by atoms with Crippen molar-refractivity contribution in [2.24, 2.45) is 0 Å². The molecule has 1 aromatic heterocycles. The number of nitrogens with one attached hydrogen (secondary N) is 2. The van der Waals surface area contributed by atoms with Gasteiger partial charge >= 0.3 is 11.7 Å². The van der Waals surface area contributed by atoms with Crippen molar-refractivity contribution < 1.29 is 22.4 Å². The molecule has 0 aliphatic rings. The normalized spacial score (nSPS) is 11.4. The minimum absolute atomic E-state index is 0.0141. The molecule has 3 aromatic rings. The molecule has 0 radical (unpaired) electrons. The van der Waals surface area contributed by atoms with E-state index in [1.54, 1.807) is 6.92 Å². The van der Waals surface area contributed by atoms with Crippen LogP contribution in [0.3, 0.4) is 0 Å². The van der Waals surface area contributed by atoms with Gasteiger partial charge in [0.15, 0.2) is 5.58 Å². The second-order valence-electron chi connectivity index (χ2n) is 5.30. The zero-order valence-corrected chi connectivity index (χ0v) is 14.1. The SMILES string of the molecule is COC(=O)c1ccc(NS(=O)(=O)c2cc3oc(=O)[nH]c3cc2C)cc1. The van der Waals surface area contributed by atoms with Crippen LogP contribution in [0, 0.1) is 6.92 Å². The highest BCUT2D eigenvalue weighted by Crippen LogP contribution is 2.24. The number of oxazole rings is 1. The van der Waals surface area contributed by atoms with Gasteiger partial charge in [0, 0.05) is 11.8 Å². The Morgan fingerprint density at radius 1 is 1.20 bits per heavy atom. The van der Waals surface area contributed by atoms with Gasteiger partial charge in [-0.25, -0.2) is 18.0 Å². The van der Waals surface area contributed by atoms with Crippen LogP contribution < -0.4 is 10.5 Å². The van der Waals surface area contributed by atoms with Crippen molar-refractivity contribution in [2.45, 2.75) is 11.8 Å². The van der Waals surface area contributed by atoms with Crippen molar-refractivity contribution in [3.63, 3.8) is 0 Å². The second-order valence-corrected chi connectivity index (χ2v) is 6.95. The zero-order valence-electron chi connectivity index (χ0n) is 13.3. The van der Waals surface area contributed by atoms with Gasteiger partial charge in [0.05, 0.1) is 23.1 Å². The van der Waals surface area contributed by atoms with E-state index in [4.69, 9.17) is 4.42 Å². The Morgan fingerprint density at radius 2 is 1.88 bits per heavy atom. The maximum Gasteiger partial charge on any atom is 0.417 e. The molecule has 0 unspecified atom stereocenters. The molecule has 0 amide bonds. The molecule has 130 valence electrons. The van der Waals surface area contributed by atoms with Crippen LogP contribution in [-0.4, -0.2) is 26.5 Å². The van der Waals surface area contributed by atoms with Crippen molar-refractivity contribution in [1.29, 1.82) is 0 Å². The molecule has 1 heterocycles. The lowest BCUT2D eigenvalue weighted by molar-refractivity contribution is 0.0601. The molecule has 2 aromatic carbocycles. The minimum atomic E-state index is -3.91. The number of benzene rings is 2. The molecule has 3 rings (SSSR count). The first-order chi connectivity index (χ1) is 11.8. The third-order valence-electron chi connectivity index (χ3n) is 3.56. The molecule has 0 saturated carbocycles. The molecule has 9 heteroatoms. The number of rotatable bonds is 4. The molecule has 0 aliphatic heterocycles. The number of H-pyrrole nitrogens is 1. The van der Waals surface area contributed by atoms with Gasteiger partial charge in [-0.1, -0.05) is 0 Å². The van der Waals surface area contributed by atoms with Gasteiger partial charge < -0.3 is 9.15 Å². The Kier molecular flexibility index (Phi) is 4.09. The molecule has 25 heavy (non-hydrogen) atoms. The molecule has 0 atom stereocenters. The van der Waals surface area contributed by atoms with Crippen LogP contribution in [0.25, 0.3) is 11.1 Å². The van der Waals surface area contributed by atoms with E-state index < -0.39 is 21.7 Å². The Bertz CT molecular complexity index is 1110. The summed E-state index contributed by atoms with van der Waals surface area (Å²) in [5.41, 5.74) is 1.60. The number of carbonyl (C=O) groups excluding carboxylic acids is 1. The third-order valence-corrected chi connectivity index (χ3v) is 5.09. The number of hydrogen-bond donors (Lipinski definition) is 2. The highest BCUT2D eigenvalue weighted by molar-refractivity contribution is 7.92. The number of hydrogen-bond acceptors (Lipinski definition) is 6. The summed E-state index contributed by atoms with van der Waals surface area (Å²) in [6, 6.07) is 8.61. The summed E-state index contributed by atoms with van der Waals surface area (Å²) in [7, 11) is -2.65. The molecule has 0 spiro atoms. The predicted octanol–water partition coefficient (Wildman–Crippen LogP) is 2.02. The molecule has 0 aliphatic carbocycles. The first-order valence-corrected chi connectivity index (χ1v) is 8.63. The number of fused-ring (bicyclic) bond motifs is 1. The number of anilines is 1. The fourth-order valence-corrected chi connectivity index (χ4v) is 3.68. The van der Waals surface area contributed by atoms with E-state index in [1.165, 1.54) is 43.5 Å². The number of aryl methyl sites for hydroxylation is 1. The van der Waals surface area contributed by atoms with Crippen molar-refractivity contribution in [1.82, 2.24) is 4.98 Å². The average molecular weight is 362 g/mol. The lowest BCUT2D eigenvalue weighted by atomic mass is 10.2. The van der Waals surface area contributed by atoms with E-state index in [0.717, 1.165) is 0 Å². The predicted molar refractivity (Wildman–Crippen MR) is 90.2 cm³/mol. The van der Waals surface area contributed by atoms with E-state index in [0.29, 0.717) is 16.6 Å². The highest BCUT2D eigenvalue weighted by atomic mass is 32.2. The quantitative estimate of drug-likeness (QED) is 0.686. The summed E-state index contributed by atoms with van der Waals surface area (Å²) < 4.78 is 37.1. The fraction of sp³-hybridized carbons (Fsp3) is 0.125. The van der Waals surface area contributed by atoms with Gasteiger partial charge in [-0.2, -0.15) is 0 Å². The molecule has 2 N–H and O–H groups in total. The topological polar surface area (TPSA) is 118 Å². The van der Waals surface area contributed by atoms with E-state index in [9.17, 15) is 18.0 Å². The average Bonchev–Trinajstić information content (AvgIpc) is 2.92. The number of ether oxygens (including phenoxy) is 1. The summed E-state index contributed by atoms with van der Waals surface area (Å²) in [5.74, 6) is -1.17. The summed E-state index contributed by atoms with van der Waals surface area (Å²) in [4.78, 5) is 25.1. The minimum Gasteiger partial charge on any atom is -0.465 e. The van der Waals surface area contributed by atoms with Gasteiger partial charge in [-0.05, 0) is 42.8 Å². The van der Waals surface area contributed by atoms with Crippen molar-refractivity contribution in [3.8, 4) is 0 Å². The monoisotopic (exact) mass is 362 g/mol. The molecule has 8 nitrogen and oxygen atoms in total. The van der Waals surface area contributed by atoms with Crippen LogP contribution in [0.1, 0.15) is 15.9 Å². The smallest absolute Gasteiger partial charge is 0.417 e. The Balaban J connectivity index is 1.95. The number of aromatic nitrogens is 1.